The normalized spacial score (nSPS) is 9.81. The number of hydrogen-bond donors (Lipinski definition) is 0. The molecule has 0 aromatic heterocycles. The van der Waals surface area contributed by atoms with E-state index in [0.717, 1.165) is 12.8 Å². The molecule has 0 saturated heterocycles. The van der Waals surface area contributed by atoms with Gasteiger partial charge in [-0.3, -0.25) is 0 Å². The molecule has 16 heavy (non-hydrogen) atoms. The van der Waals surface area contributed by atoms with Crippen molar-refractivity contribution in [1.82, 2.24) is 0 Å². The van der Waals surface area contributed by atoms with Crippen LogP contribution < -0.4 is 0 Å². The van der Waals surface area contributed by atoms with E-state index in [2.05, 4.69) is 18.2 Å². The number of unbranched alkanes of at least 4 members (excludes halogenated alkanes) is 6. The van der Waals surface area contributed by atoms with Crippen molar-refractivity contribution in [1.29, 1.82) is 0 Å². The zero-order chi connectivity index (χ0) is 12.1. The Labute approximate surface area is 98.8 Å². The zero-order valence-electron chi connectivity index (χ0n) is 10.4. The summed E-state index contributed by atoms with van der Waals surface area (Å²) in [6, 6.07) is 0. The molecule has 0 aromatic rings. The van der Waals surface area contributed by atoms with Gasteiger partial charge in [0, 0.05) is 0 Å². The lowest BCUT2D eigenvalue weighted by molar-refractivity contribution is 0.0620. The molecule has 0 atom stereocenters. The largest absolute Gasteiger partial charge is 0.508 e. The van der Waals surface area contributed by atoms with E-state index < -0.39 is 6.16 Å². The highest BCUT2D eigenvalue weighted by Gasteiger charge is 2.00. The zero-order valence-corrected chi connectivity index (χ0v) is 10.4. The van der Waals surface area contributed by atoms with Crippen LogP contribution >= 0.6 is 0 Å². The molecule has 0 saturated carbocycles. The highest BCUT2D eigenvalue weighted by atomic mass is 16.7. The van der Waals surface area contributed by atoms with E-state index in [1.807, 2.05) is 0 Å². The molecular formula is C13H24O3. The lowest BCUT2D eigenvalue weighted by Gasteiger charge is -2.04. The molecule has 3 heteroatoms. The van der Waals surface area contributed by atoms with Gasteiger partial charge in [0.2, 0.25) is 0 Å². The fourth-order valence-electron chi connectivity index (χ4n) is 1.38. The second kappa shape index (κ2) is 12.1. The SMILES string of the molecule is C=CCOC(=O)OCCCCCCCCC. The summed E-state index contributed by atoms with van der Waals surface area (Å²) in [4.78, 5) is 10.9. The Morgan fingerprint density at radius 3 is 2.31 bits per heavy atom. The van der Waals surface area contributed by atoms with Crippen LogP contribution in [-0.2, 0) is 9.47 Å². The molecule has 0 bridgehead atoms. The summed E-state index contributed by atoms with van der Waals surface area (Å²) in [5, 5.41) is 0. The molecule has 0 amide bonds. The van der Waals surface area contributed by atoms with Crippen molar-refractivity contribution in [2.75, 3.05) is 13.2 Å². The van der Waals surface area contributed by atoms with Crippen LogP contribution in [-0.4, -0.2) is 19.4 Å². The topological polar surface area (TPSA) is 35.5 Å². The van der Waals surface area contributed by atoms with E-state index >= 15 is 0 Å². The molecule has 0 rings (SSSR count). The lowest BCUT2D eigenvalue weighted by atomic mass is 10.1. The van der Waals surface area contributed by atoms with Gasteiger partial charge in [-0.05, 0) is 6.42 Å². The first-order chi connectivity index (χ1) is 7.81. The summed E-state index contributed by atoms with van der Waals surface area (Å²) in [5.41, 5.74) is 0. The smallest absolute Gasteiger partial charge is 0.434 e. The van der Waals surface area contributed by atoms with Gasteiger partial charge in [-0.25, -0.2) is 4.79 Å². The number of ether oxygens (including phenoxy) is 2. The molecule has 0 spiro atoms. The van der Waals surface area contributed by atoms with Crippen LogP contribution in [0.2, 0.25) is 0 Å². The van der Waals surface area contributed by atoms with Crippen LogP contribution in [0.25, 0.3) is 0 Å². The number of rotatable bonds is 10. The van der Waals surface area contributed by atoms with Gasteiger partial charge < -0.3 is 9.47 Å². The van der Waals surface area contributed by atoms with Gasteiger partial charge in [0.15, 0.2) is 0 Å². The van der Waals surface area contributed by atoms with Gasteiger partial charge in [0.05, 0.1) is 6.61 Å². The first kappa shape index (κ1) is 15.0. The Morgan fingerprint density at radius 1 is 1.06 bits per heavy atom. The molecule has 3 nitrogen and oxygen atoms in total. The Hall–Kier alpha value is -0.990. The fraction of sp³-hybridized carbons (Fsp3) is 0.769. The van der Waals surface area contributed by atoms with Gasteiger partial charge in [-0.2, -0.15) is 0 Å². The molecule has 94 valence electrons. The molecule has 0 radical (unpaired) electrons. The first-order valence-corrected chi connectivity index (χ1v) is 6.21. The molecule has 0 N–H and O–H groups in total. The van der Waals surface area contributed by atoms with E-state index in [1.54, 1.807) is 0 Å². The minimum atomic E-state index is -0.592. The number of carbonyl (C=O) groups excluding carboxylic acids is 1. The van der Waals surface area contributed by atoms with Crippen LogP contribution in [0.15, 0.2) is 12.7 Å². The van der Waals surface area contributed by atoms with Crippen molar-refractivity contribution in [2.45, 2.75) is 51.9 Å². The van der Waals surface area contributed by atoms with Gasteiger partial charge in [0.1, 0.15) is 6.61 Å². The Kier molecular flexibility index (Phi) is 11.3. The second-order valence-corrected chi connectivity index (χ2v) is 3.82. The third-order valence-electron chi connectivity index (χ3n) is 2.29. The first-order valence-electron chi connectivity index (χ1n) is 6.21. The molecule has 0 aliphatic carbocycles. The molecule has 0 heterocycles. The van der Waals surface area contributed by atoms with Gasteiger partial charge in [-0.15, -0.1) is 0 Å². The Balaban J connectivity index is 3.08. The predicted octanol–water partition coefficient (Wildman–Crippen LogP) is 4.08. The monoisotopic (exact) mass is 228 g/mol. The summed E-state index contributed by atoms with van der Waals surface area (Å²) in [7, 11) is 0. The van der Waals surface area contributed by atoms with Gasteiger partial charge >= 0.3 is 6.16 Å². The van der Waals surface area contributed by atoms with Crippen molar-refractivity contribution in [3.8, 4) is 0 Å². The number of hydrogen-bond acceptors (Lipinski definition) is 3. The summed E-state index contributed by atoms with van der Waals surface area (Å²) in [5.74, 6) is 0. The molecule has 0 unspecified atom stereocenters. The van der Waals surface area contributed by atoms with Gasteiger partial charge in [0.25, 0.3) is 0 Å². The Bertz CT molecular complexity index is 178. The second-order valence-electron chi connectivity index (χ2n) is 3.82. The minimum Gasteiger partial charge on any atom is -0.434 e. The van der Waals surface area contributed by atoms with E-state index in [9.17, 15) is 4.79 Å². The summed E-state index contributed by atoms with van der Waals surface area (Å²) < 4.78 is 9.53. The molecule has 0 aliphatic heterocycles. The maximum absolute atomic E-state index is 10.9. The van der Waals surface area contributed by atoms with E-state index in [4.69, 9.17) is 4.74 Å². The minimum absolute atomic E-state index is 0.218. The molecular weight excluding hydrogens is 204 g/mol. The maximum Gasteiger partial charge on any atom is 0.508 e. The van der Waals surface area contributed by atoms with Crippen molar-refractivity contribution in [3.05, 3.63) is 12.7 Å². The van der Waals surface area contributed by atoms with Crippen LogP contribution in [0.5, 0.6) is 0 Å². The van der Waals surface area contributed by atoms with E-state index in [0.29, 0.717) is 6.61 Å². The fourth-order valence-corrected chi connectivity index (χ4v) is 1.38. The highest BCUT2D eigenvalue weighted by Crippen LogP contribution is 2.06. The average molecular weight is 228 g/mol. The van der Waals surface area contributed by atoms with E-state index in [1.165, 1.54) is 38.2 Å². The summed E-state index contributed by atoms with van der Waals surface area (Å²) in [6.07, 6.45) is 9.41. The van der Waals surface area contributed by atoms with Crippen LogP contribution in [0, 0.1) is 0 Å². The summed E-state index contributed by atoms with van der Waals surface area (Å²) >= 11 is 0. The van der Waals surface area contributed by atoms with Crippen molar-refractivity contribution in [2.24, 2.45) is 0 Å². The van der Waals surface area contributed by atoms with Crippen molar-refractivity contribution in [3.63, 3.8) is 0 Å². The average Bonchev–Trinajstić information content (AvgIpc) is 2.30. The quantitative estimate of drug-likeness (QED) is 0.321. The number of carbonyl (C=O) groups is 1. The summed E-state index contributed by atoms with van der Waals surface area (Å²) in [6.45, 7) is 6.34. The lowest BCUT2D eigenvalue weighted by Crippen LogP contribution is -2.08. The maximum atomic E-state index is 10.9. The molecule has 0 aromatic carbocycles. The van der Waals surface area contributed by atoms with Crippen LogP contribution in [0.1, 0.15) is 51.9 Å². The standard InChI is InChI=1S/C13H24O3/c1-3-5-6-7-8-9-10-12-16-13(14)15-11-4-2/h4H,2-3,5-12H2,1H3. The highest BCUT2D eigenvalue weighted by molar-refractivity contribution is 5.59. The van der Waals surface area contributed by atoms with E-state index in [-0.39, 0.29) is 6.61 Å². The third-order valence-corrected chi connectivity index (χ3v) is 2.29. The van der Waals surface area contributed by atoms with Crippen molar-refractivity contribution < 1.29 is 14.3 Å². The molecule has 0 aliphatic rings. The van der Waals surface area contributed by atoms with Crippen LogP contribution in [0.4, 0.5) is 4.79 Å². The third kappa shape index (κ3) is 11.1. The van der Waals surface area contributed by atoms with Crippen molar-refractivity contribution >= 4 is 6.16 Å². The molecule has 0 fully saturated rings. The van der Waals surface area contributed by atoms with Gasteiger partial charge in [-0.1, -0.05) is 58.1 Å². The van der Waals surface area contributed by atoms with Crippen LogP contribution in [0.3, 0.4) is 0 Å². The predicted molar refractivity (Wildman–Crippen MR) is 65.5 cm³/mol. The Morgan fingerprint density at radius 2 is 1.69 bits per heavy atom.